The van der Waals surface area contributed by atoms with E-state index in [2.05, 4.69) is 15.9 Å². The van der Waals surface area contributed by atoms with Crippen LogP contribution in [0.15, 0.2) is 24.3 Å². The average Bonchev–Trinajstić information content (AvgIpc) is 3.09. The number of aromatic carboxylic acids is 1. The minimum atomic E-state index is -1.10. The first kappa shape index (κ1) is 12.6. The molecule has 1 aliphatic rings. The highest BCUT2D eigenvalue weighted by atomic mass is 35.5. The Kier molecular flexibility index (Phi) is 3.10. The van der Waals surface area contributed by atoms with Gasteiger partial charge in [-0.3, -0.25) is 0 Å². The van der Waals surface area contributed by atoms with E-state index in [9.17, 15) is 4.79 Å². The molecule has 0 bridgehead atoms. The number of pyridine rings is 1. The normalized spacial score (nSPS) is 13.9. The maximum atomic E-state index is 10.9. The van der Waals surface area contributed by atoms with Gasteiger partial charge in [-0.15, -0.1) is 0 Å². The standard InChI is InChI=1S/C13H11ClN2O2/c1-13(2,7-15-9-3-4-9)11-6-8(14)5-10(16-11)12(17)18/h3-6,9H,1-2H3/p+1. The molecule has 4 nitrogen and oxygen atoms in total. The predicted octanol–water partition coefficient (Wildman–Crippen LogP) is 2.98. The first-order valence-corrected chi connectivity index (χ1v) is 5.83. The zero-order valence-corrected chi connectivity index (χ0v) is 10.8. The van der Waals surface area contributed by atoms with Crippen LogP contribution in [0.25, 0.3) is 4.85 Å². The lowest BCUT2D eigenvalue weighted by atomic mass is 9.90. The molecular formula is C13H12ClN2O2+. The van der Waals surface area contributed by atoms with Gasteiger partial charge in [-0.1, -0.05) is 16.4 Å². The molecule has 1 aliphatic carbocycles. The Morgan fingerprint density at radius 3 is 2.72 bits per heavy atom. The summed E-state index contributed by atoms with van der Waals surface area (Å²) in [6.45, 7) is 3.73. The molecule has 1 N–H and O–H groups in total. The van der Waals surface area contributed by atoms with Gasteiger partial charge in [0.05, 0.1) is 5.69 Å². The molecule has 0 aromatic carbocycles. The van der Waals surface area contributed by atoms with Crippen molar-refractivity contribution in [2.75, 3.05) is 0 Å². The monoisotopic (exact) mass is 263 g/mol. The molecule has 1 heterocycles. The van der Waals surface area contributed by atoms with E-state index in [0.717, 1.165) is 0 Å². The molecule has 0 aliphatic heterocycles. The smallest absolute Gasteiger partial charge is 0.354 e. The minimum Gasteiger partial charge on any atom is -0.477 e. The number of nitrogens with zero attached hydrogens (tertiary/aromatic N) is 2. The lowest BCUT2D eigenvalue weighted by Gasteiger charge is -2.12. The summed E-state index contributed by atoms with van der Waals surface area (Å²) >= 11 is 5.90. The van der Waals surface area contributed by atoms with Crippen molar-refractivity contribution >= 4 is 17.6 Å². The van der Waals surface area contributed by atoms with Crippen molar-refractivity contribution in [3.8, 4) is 6.07 Å². The van der Waals surface area contributed by atoms with Crippen molar-refractivity contribution in [2.45, 2.75) is 25.3 Å². The molecule has 2 rings (SSSR count). The van der Waals surface area contributed by atoms with E-state index < -0.39 is 11.4 Å². The number of hydrogen-bond donors (Lipinski definition) is 1. The summed E-state index contributed by atoms with van der Waals surface area (Å²) < 4.78 is 0. The molecule has 1 aromatic heterocycles. The second kappa shape index (κ2) is 4.43. The molecule has 0 saturated carbocycles. The Hall–Kier alpha value is -1.86. The van der Waals surface area contributed by atoms with E-state index in [0.29, 0.717) is 10.7 Å². The summed E-state index contributed by atoms with van der Waals surface area (Å²) in [6.07, 6.45) is 3.88. The first-order chi connectivity index (χ1) is 8.38. The van der Waals surface area contributed by atoms with Crippen LogP contribution in [0, 0.1) is 6.07 Å². The summed E-state index contributed by atoms with van der Waals surface area (Å²) in [6, 6.07) is 6.06. The van der Waals surface area contributed by atoms with E-state index in [-0.39, 0.29) is 11.7 Å². The van der Waals surface area contributed by atoms with Crippen LogP contribution < -0.4 is 0 Å². The third-order valence-electron chi connectivity index (χ3n) is 2.51. The number of halogens is 1. The van der Waals surface area contributed by atoms with Gasteiger partial charge in [0.1, 0.15) is 11.1 Å². The molecule has 18 heavy (non-hydrogen) atoms. The maximum absolute atomic E-state index is 10.9. The van der Waals surface area contributed by atoms with E-state index >= 15 is 0 Å². The molecule has 92 valence electrons. The molecule has 0 amide bonds. The number of carboxylic acids is 1. The predicted molar refractivity (Wildman–Crippen MR) is 69.4 cm³/mol. The quantitative estimate of drug-likeness (QED) is 0.835. The summed E-state index contributed by atoms with van der Waals surface area (Å²) in [5.41, 5.74) is -0.118. The fraction of sp³-hybridized carbons (Fsp3) is 0.308. The summed E-state index contributed by atoms with van der Waals surface area (Å²) in [5, 5.41) is 9.30. The Morgan fingerprint density at radius 1 is 1.50 bits per heavy atom. The topological polar surface area (TPSA) is 54.5 Å². The van der Waals surface area contributed by atoms with E-state index in [1.165, 1.54) is 6.07 Å². The highest BCUT2D eigenvalue weighted by Crippen LogP contribution is 2.25. The molecule has 5 heteroatoms. The van der Waals surface area contributed by atoms with E-state index in [1.807, 2.05) is 26.0 Å². The second-order valence-electron chi connectivity index (χ2n) is 4.60. The Balaban J connectivity index is 2.37. The van der Waals surface area contributed by atoms with Gasteiger partial charge in [0.2, 0.25) is 0 Å². The highest BCUT2D eigenvalue weighted by Gasteiger charge is 2.30. The van der Waals surface area contributed by atoms with Crippen LogP contribution >= 0.6 is 11.6 Å². The SMILES string of the molecule is CC(C)(C#[N+]C1C=C1)c1cc(Cl)cc(C(=O)O)n1. The third-order valence-corrected chi connectivity index (χ3v) is 2.73. The van der Waals surface area contributed by atoms with E-state index in [1.54, 1.807) is 6.07 Å². The third kappa shape index (κ3) is 2.88. The van der Waals surface area contributed by atoms with Crippen molar-refractivity contribution in [2.24, 2.45) is 0 Å². The lowest BCUT2D eigenvalue weighted by Crippen LogP contribution is -2.18. The van der Waals surface area contributed by atoms with Gasteiger partial charge in [-0.25, -0.2) is 9.78 Å². The van der Waals surface area contributed by atoms with Crippen molar-refractivity contribution in [1.29, 1.82) is 0 Å². The number of carboxylic acid groups (broad SMARTS) is 1. The fourth-order valence-corrected chi connectivity index (χ4v) is 1.56. The number of rotatable bonds is 2. The number of hydrogen-bond acceptors (Lipinski definition) is 2. The molecule has 0 unspecified atom stereocenters. The average molecular weight is 264 g/mol. The summed E-state index contributed by atoms with van der Waals surface area (Å²) in [4.78, 5) is 19.2. The van der Waals surface area contributed by atoms with Crippen molar-refractivity contribution in [3.05, 3.63) is 45.5 Å². The van der Waals surface area contributed by atoms with Gasteiger partial charge in [0.25, 0.3) is 6.07 Å². The Bertz CT molecular complexity index is 591. The van der Waals surface area contributed by atoms with Crippen LogP contribution in [0.2, 0.25) is 5.02 Å². The lowest BCUT2D eigenvalue weighted by molar-refractivity contribution is 0.0690. The first-order valence-electron chi connectivity index (χ1n) is 5.45. The highest BCUT2D eigenvalue weighted by molar-refractivity contribution is 6.30. The minimum absolute atomic E-state index is 0.0723. The van der Waals surface area contributed by atoms with Crippen molar-refractivity contribution in [1.82, 2.24) is 4.98 Å². The van der Waals surface area contributed by atoms with Gasteiger partial charge in [-0.2, -0.15) is 0 Å². The fourth-order valence-electron chi connectivity index (χ4n) is 1.36. The number of carbonyl (C=O) groups is 1. The van der Waals surface area contributed by atoms with Crippen molar-refractivity contribution in [3.63, 3.8) is 0 Å². The van der Waals surface area contributed by atoms with Gasteiger partial charge in [0.15, 0.2) is 0 Å². The second-order valence-corrected chi connectivity index (χ2v) is 5.04. The van der Waals surface area contributed by atoms with Gasteiger partial charge >= 0.3 is 12.0 Å². The van der Waals surface area contributed by atoms with Crippen molar-refractivity contribution < 1.29 is 9.90 Å². The Morgan fingerprint density at radius 2 is 2.17 bits per heavy atom. The molecule has 0 spiro atoms. The van der Waals surface area contributed by atoms with E-state index in [4.69, 9.17) is 16.7 Å². The zero-order chi connectivity index (χ0) is 13.3. The molecule has 0 fully saturated rings. The van der Waals surface area contributed by atoms with Gasteiger partial charge in [-0.05, 0) is 26.0 Å². The molecule has 0 saturated heterocycles. The van der Waals surface area contributed by atoms with Crippen LogP contribution in [-0.2, 0) is 5.41 Å². The van der Waals surface area contributed by atoms with Crippen LogP contribution in [0.1, 0.15) is 30.0 Å². The van der Waals surface area contributed by atoms with Crippen LogP contribution in [0.3, 0.4) is 0 Å². The van der Waals surface area contributed by atoms with Crippen LogP contribution in [-0.4, -0.2) is 22.1 Å². The molecule has 0 radical (unpaired) electrons. The summed E-state index contributed by atoms with van der Waals surface area (Å²) in [7, 11) is 0. The largest absolute Gasteiger partial charge is 0.477 e. The van der Waals surface area contributed by atoms with Crippen LogP contribution in [0.5, 0.6) is 0 Å². The zero-order valence-electron chi connectivity index (χ0n) is 10.0. The maximum Gasteiger partial charge on any atom is 0.354 e. The molecule has 1 aromatic rings. The molecular weight excluding hydrogens is 252 g/mol. The van der Waals surface area contributed by atoms with Crippen LogP contribution in [0.4, 0.5) is 0 Å². The van der Waals surface area contributed by atoms with Gasteiger partial charge < -0.3 is 5.11 Å². The molecule has 0 atom stereocenters. The Labute approximate surface area is 110 Å². The number of aromatic nitrogens is 1. The van der Waals surface area contributed by atoms with Gasteiger partial charge in [0, 0.05) is 17.2 Å². The summed E-state index contributed by atoms with van der Waals surface area (Å²) in [5.74, 6) is -1.10.